The number of carbonyl (C=O) groups excluding carboxylic acids is 2. The van der Waals surface area contributed by atoms with Crippen molar-refractivity contribution in [1.29, 1.82) is 0 Å². The quantitative estimate of drug-likeness (QED) is 0.309. The van der Waals surface area contributed by atoms with Crippen LogP contribution in [-0.4, -0.2) is 43.6 Å². The molecule has 1 unspecified atom stereocenters. The van der Waals surface area contributed by atoms with E-state index in [-0.39, 0.29) is 23.8 Å². The molecule has 2 fully saturated rings. The Labute approximate surface area is 101 Å². The summed E-state index contributed by atoms with van der Waals surface area (Å²) in [4.78, 5) is 24.5. The van der Waals surface area contributed by atoms with Gasteiger partial charge in [0, 0.05) is 0 Å². The highest BCUT2D eigenvalue weighted by Crippen LogP contribution is 2.45. The van der Waals surface area contributed by atoms with Crippen LogP contribution in [-0.2, 0) is 25.5 Å². The lowest BCUT2D eigenvalue weighted by atomic mass is 9.98. The summed E-state index contributed by atoms with van der Waals surface area (Å²) in [5.74, 6) is -0.732. The molecule has 7 heteroatoms. The molecular formula is C9H12ClNO4S. The van der Waals surface area contributed by atoms with Gasteiger partial charge in [0.15, 0.2) is 16.9 Å². The van der Waals surface area contributed by atoms with Gasteiger partial charge < -0.3 is 9.29 Å². The summed E-state index contributed by atoms with van der Waals surface area (Å²) in [5, 5.41) is -0.338. The SMILES string of the molecule is CC1(C)[C@H](C(=O)OCCl)N2C(=O)C[C@H]2[S+]1[O-]. The van der Waals surface area contributed by atoms with Crippen LogP contribution in [0.15, 0.2) is 0 Å². The molecular weight excluding hydrogens is 254 g/mol. The van der Waals surface area contributed by atoms with Crippen molar-refractivity contribution in [2.24, 2.45) is 0 Å². The molecule has 1 amide bonds. The third-order valence-corrected chi connectivity index (χ3v) is 5.33. The summed E-state index contributed by atoms with van der Waals surface area (Å²) in [7, 11) is 0. The van der Waals surface area contributed by atoms with E-state index in [0.717, 1.165) is 0 Å². The Kier molecular flexibility index (Phi) is 2.84. The van der Waals surface area contributed by atoms with Crippen molar-refractivity contribution in [3.63, 3.8) is 0 Å². The van der Waals surface area contributed by atoms with Crippen LogP contribution in [0.1, 0.15) is 20.3 Å². The number of rotatable bonds is 2. The van der Waals surface area contributed by atoms with Crippen molar-refractivity contribution >= 4 is 34.7 Å². The highest BCUT2D eigenvalue weighted by molar-refractivity contribution is 7.93. The van der Waals surface area contributed by atoms with Crippen LogP contribution in [0, 0.1) is 0 Å². The minimum Gasteiger partial charge on any atom is -0.614 e. The van der Waals surface area contributed by atoms with E-state index in [4.69, 9.17) is 16.3 Å². The molecule has 2 aliphatic heterocycles. The van der Waals surface area contributed by atoms with Gasteiger partial charge in [0.2, 0.25) is 11.3 Å². The fraction of sp³-hybridized carbons (Fsp3) is 0.778. The number of amides is 1. The molecule has 0 aromatic heterocycles. The summed E-state index contributed by atoms with van der Waals surface area (Å²) < 4.78 is 16.0. The van der Waals surface area contributed by atoms with Gasteiger partial charge in [0.1, 0.15) is 0 Å². The second-order valence-corrected chi connectivity index (χ2v) is 6.75. The normalized spacial score (nSPS) is 35.6. The van der Waals surface area contributed by atoms with Gasteiger partial charge in [0.05, 0.1) is 6.42 Å². The molecule has 0 aliphatic carbocycles. The van der Waals surface area contributed by atoms with Gasteiger partial charge in [-0.15, -0.1) is 0 Å². The Bertz CT molecular complexity index is 348. The van der Waals surface area contributed by atoms with Gasteiger partial charge >= 0.3 is 5.97 Å². The maximum atomic E-state index is 12.0. The first-order valence-corrected chi connectivity index (χ1v) is 6.60. The van der Waals surface area contributed by atoms with E-state index in [1.54, 1.807) is 13.8 Å². The first kappa shape index (κ1) is 12.0. The van der Waals surface area contributed by atoms with Crippen LogP contribution in [0.5, 0.6) is 0 Å². The van der Waals surface area contributed by atoms with E-state index in [9.17, 15) is 14.1 Å². The maximum Gasteiger partial charge on any atom is 0.335 e. The summed E-state index contributed by atoms with van der Waals surface area (Å²) in [5.41, 5.74) is 0. The lowest BCUT2D eigenvalue weighted by molar-refractivity contribution is -0.160. The van der Waals surface area contributed by atoms with Crippen molar-refractivity contribution in [3.8, 4) is 0 Å². The number of hydrogen-bond donors (Lipinski definition) is 0. The van der Waals surface area contributed by atoms with Gasteiger partial charge in [-0.3, -0.25) is 9.69 Å². The minimum absolute atomic E-state index is 0.152. The minimum atomic E-state index is -1.23. The molecule has 0 spiro atoms. The first-order chi connectivity index (χ1) is 7.41. The number of carbonyl (C=O) groups is 2. The smallest absolute Gasteiger partial charge is 0.335 e. The Balaban J connectivity index is 2.27. The number of alkyl halides is 1. The monoisotopic (exact) mass is 265 g/mol. The van der Waals surface area contributed by atoms with Crippen molar-refractivity contribution in [1.82, 2.24) is 4.90 Å². The standard InChI is InChI=1S/C9H12ClNO4S/c1-9(2)7(8(13)15-4-10)11-5(12)3-6(11)16(9)14/h6-7H,3-4H2,1-2H3/t6-,7+,16?/m1/s1. The maximum absolute atomic E-state index is 12.0. The zero-order chi connectivity index (χ0) is 12.1. The average Bonchev–Trinajstić information content (AvgIpc) is 2.35. The summed E-state index contributed by atoms with van der Waals surface area (Å²) >= 11 is 4.09. The predicted molar refractivity (Wildman–Crippen MR) is 58.1 cm³/mol. The Hall–Kier alpha value is -0.460. The van der Waals surface area contributed by atoms with Gasteiger partial charge in [0.25, 0.3) is 0 Å². The van der Waals surface area contributed by atoms with Crippen molar-refractivity contribution < 1.29 is 18.9 Å². The number of ether oxygens (including phenoxy) is 1. The highest BCUT2D eigenvalue weighted by Gasteiger charge is 2.68. The van der Waals surface area contributed by atoms with E-state index < -0.39 is 27.9 Å². The van der Waals surface area contributed by atoms with Crippen LogP contribution in [0.25, 0.3) is 0 Å². The van der Waals surface area contributed by atoms with Gasteiger partial charge in [-0.2, -0.15) is 0 Å². The number of esters is 1. The van der Waals surface area contributed by atoms with Crippen LogP contribution in [0.4, 0.5) is 0 Å². The van der Waals surface area contributed by atoms with E-state index in [0.29, 0.717) is 0 Å². The van der Waals surface area contributed by atoms with Gasteiger partial charge in [-0.1, -0.05) is 11.6 Å². The fourth-order valence-electron chi connectivity index (χ4n) is 2.22. The summed E-state index contributed by atoms with van der Waals surface area (Å²) in [6, 6.07) is -1.04. The molecule has 2 saturated heterocycles. The number of fused-ring (bicyclic) bond motifs is 1. The van der Waals surface area contributed by atoms with Crippen molar-refractivity contribution in [3.05, 3.63) is 0 Å². The lowest BCUT2D eigenvalue weighted by Gasteiger charge is -2.33. The molecule has 90 valence electrons. The van der Waals surface area contributed by atoms with Crippen LogP contribution >= 0.6 is 11.6 Å². The van der Waals surface area contributed by atoms with Gasteiger partial charge in [-0.25, -0.2) is 4.79 Å². The van der Waals surface area contributed by atoms with Crippen molar-refractivity contribution in [2.75, 3.05) is 6.07 Å². The zero-order valence-electron chi connectivity index (χ0n) is 8.94. The lowest BCUT2D eigenvalue weighted by Crippen LogP contribution is -2.57. The topological polar surface area (TPSA) is 69.7 Å². The highest BCUT2D eigenvalue weighted by atomic mass is 35.5. The zero-order valence-corrected chi connectivity index (χ0v) is 10.5. The molecule has 0 bridgehead atoms. The first-order valence-electron chi connectivity index (χ1n) is 4.85. The Morgan fingerprint density at radius 2 is 2.38 bits per heavy atom. The largest absolute Gasteiger partial charge is 0.614 e. The van der Waals surface area contributed by atoms with Crippen LogP contribution in [0.2, 0.25) is 0 Å². The Morgan fingerprint density at radius 1 is 1.75 bits per heavy atom. The third-order valence-electron chi connectivity index (χ3n) is 3.07. The number of nitrogens with zero attached hydrogens (tertiary/aromatic N) is 1. The molecule has 0 aromatic rings. The Morgan fingerprint density at radius 3 is 2.88 bits per heavy atom. The molecule has 5 nitrogen and oxygen atoms in total. The summed E-state index contributed by atoms with van der Waals surface area (Å²) in [6.45, 7) is 3.41. The van der Waals surface area contributed by atoms with Gasteiger partial charge in [-0.05, 0) is 25.0 Å². The van der Waals surface area contributed by atoms with Crippen molar-refractivity contribution in [2.45, 2.75) is 36.4 Å². The molecule has 3 atom stereocenters. The molecule has 0 N–H and O–H groups in total. The summed E-state index contributed by atoms with van der Waals surface area (Å²) in [6.07, 6.45) is 0.251. The second-order valence-electron chi connectivity index (χ2n) is 4.34. The molecule has 2 heterocycles. The number of β-lactam (4-membered cyclic amide) rings is 1. The average molecular weight is 266 g/mol. The number of hydrogen-bond acceptors (Lipinski definition) is 4. The molecule has 2 aliphatic rings. The van der Waals surface area contributed by atoms with Crippen LogP contribution in [0.3, 0.4) is 0 Å². The molecule has 16 heavy (non-hydrogen) atoms. The predicted octanol–water partition coefficient (Wildman–Crippen LogP) is 0.194. The van der Waals surface area contributed by atoms with E-state index in [2.05, 4.69) is 0 Å². The molecule has 0 saturated carbocycles. The molecule has 0 radical (unpaired) electrons. The fourth-order valence-corrected chi connectivity index (χ4v) is 4.19. The van der Waals surface area contributed by atoms with E-state index in [1.807, 2.05) is 0 Å². The van der Waals surface area contributed by atoms with E-state index >= 15 is 0 Å². The van der Waals surface area contributed by atoms with Crippen LogP contribution < -0.4 is 0 Å². The third kappa shape index (κ3) is 1.43. The number of halogens is 1. The molecule has 2 rings (SSSR count). The molecule has 0 aromatic carbocycles. The van der Waals surface area contributed by atoms with E-state index in [1.165, 1.54) is 4.90 Å². The second kappa shape index (κ2) is 3.78.